The Kier molecular flexibility index (Phi) is 6.42. The van der Waals surface area contributed by atoms with Gasteiger partial charge in [0.15, 0.2) is 5.69 Å². The van der Waals surface area contributed by atoms with E-state index in [1.165, 1.54) is 22.4 Å². The lowest BCUT2D eigenvalue weighted by Gasteiger charge is -2.29. The van der Waals surface area contributed by atoms with Crippen molar-refractivity contribution in [2.75, 3.05) is 13.1 Å². The van der Waals surface area contributed by atoms with Crippen molar-refractivity contribution in [3.8, 4) is 11.3 Å². The van der Waals surface area contributed by atoms with Crippen molar-refractivity contribution in [2.45, 2.75) is 44.7 Å². The lowest BCUT2D eigenvalue weighted by molar-refractivity contribution is 0.0726. The van der Waals surface area contributed by atoms with Crippen molar-refractivity contribution in [3.63, 3.8) is 0 Å². The van der Waals surface area contributed by atoms with E-state index in [4.69, 9.17) is 10.1 Å². The summed E-state index contributed by atoms with van der Waals surface area (Å²) in [5, 5.41) is 11.7. The van der Waals surface area contributed by atoms with Crippen molar-refractivity contribution in [1.82, 2.24) is 25.0 Å². The number of aryl methyl sites for hydroxylation is 1. The third-order valence-electron chi connectivity index (χ3n) is 7.47. The molecule has 0 spiro atoms. The van der Waals surface area contributed by atoms with E-state index in [-0.39, 0.29) is 5.91 Å². The van der Waals surface area contributed by atoms with E-state index in [0.717, 1.165) is 61.5 Å². The number of benzene rings is 2. The average molecular weight is 498 g/mol. The van der Waals surface area contributed by atoms with E-state index >= 15 is 0 Å². The Balaban J connectivity index is 1.09. The molecule has 2 aromatic heterocycles. The molecule has 1 N–H and O–H groups in total. The summed E-state index contributed by atoms with van der Waals surface area (Å²) in [6.07, 6.45) is 4.67. The van der Waals surface area contributed by atoms with E-state index < -0.39 is 0 Å². The van der Waals surface area contributed by atoms with Crippen molar-refractivity contribution >= 4 is 17.2 Å². The van der Waals surface area contributed by atoms with Crippen molar-refractivity contribution < 1.29 is 4.79 Å². The topological polar surface area (TPSA) is 63.1 Å². The minimum atomic E-state index is 0.0678. The van der Waals surface area contributed by atoms with Crippen LogP contribution in [0.1, 0.15) is 44.3 Å². The van der Waals surface area contributed by atoms with Crippen LogP contribution in [-0.4, -0.2) is 44.7 Å². The van der Waals surface area contributed by atoms with Gasteiger partial charge in [0, 0.05) is 61.3 Å². The number of rotatable bonds is 6. The van der Waals surface area contributed by atoms with Crippen LogP contribution in [0.3, 0.4) is 0 Å². The fourth-order valence-electron chi connectivity index (χ4n) is 5.50. The SMILES string of the molecule is Cn1nc(C(=O)N2CCc3ccccc3C2)c2c1CCC(NCCc1nc(-c3ccccc3)cs1)C2. The van der Waals surface area contributed by atoms with Crippen LogP contribution in [0.25, 0.3) is 11.3 Å². The van der Waals surface area contributed by atoms with Gasteiger partial charge in [0.05, 0.1) is 10.7 Å². The average Bonchev–Trinajstić information content (AvgIpc) is 3.53. The monoisotopic (exact) mass is 497 g/mol. The van der Waals surface area contributed by atoms with Crippen LogP contribution in [0.15, 0.2) is 60.0 Å². The minimum Gasteiger partial charge on any atom is -0.333 e. The molecule has 0 saturated carbocycles. The normalized spacial score (nSPS) is 17.0. The van der Waals surface area contributed by atoms with Gasteiger partial charge in [0.25, 0.3) is 5.91 Å². The molecule has 184 valence electrons. The lowest BCUT2D eigenvalue weighted by Crippen LogP contribution is -2.38. The molecule has 36 heavy (non-hydrogen) atoms. The summed E-state index contributed by atoms with van der Waals surface area (Å²) in [6.45, 7) is 2.30. The highest BCUT2D eigenvalue weighted by molar-refractivity contribution is 7.09. The molecular formula is C29H31N5OS. The zero-order valence-corrected chi connectivity index (χ0v) is 21.4. The molecule has 4 aromatic rings. The van der Waals surface area contributed by atoms with Gasteiger partial charge in [-0.2, -0.15) is 5.10 Å². The molecule has 1 atom stereocenters. The number of aromatic nitrogens is 3. The number of hydrogen-bond acceptors (Lipinski definition) is 5. The number of amides is 1. The Bertz CT molecular complexity index is 1380. The van der Waals surface area contributed by atoms with Crippen LogP contribution < -0.4 is 5.32 Å². The Hall–Kier alpha value is -3.29. The lowest BCUT2D eigenvalue weighted by atomic mass is 9.90. The largest absolute Gasteiger partial charge is 0.333 e. The molecule has 6 rings (SSSR count). The molecule has 6 nitrogen and oxygen atoms in total. The molecule has 0 saturated heterocycles. The van der Waals surface area contributed by atoms with Crippen LogP contribution in [0, 0.1) is 0 Å². The highest BCUT2D eigenvalue weighted by Crippen LogP contribution is 2.27. The number of fused-ring (bicyclic) bond motifs is 2. The van der Waals surface area contributed by atoms with E-state index in [9.17, 15) is 4.79 Å². The van der Waals surface area contributed by atoms with Crippen LogP contribution in [0.2, 0.25) is 0 Å². The molecule has 2 aliphatic rings. The second kappa shape index (κ2) is 9.99. The van der Waals surface area contributed by atoms with Gasteiger partial charge < -0.3 is 10.2 Å². The number of hydrogen-bond donors (Lipinski definition) is 1. The molecule has 7 heteroatoms. The molecule has 2 aromatic carbocycles. The maximum absolute atomic E-state index is 13.5. The first-order valence-electron chi connectivity index (χ1n) is 12.8. The maximum atomic E-state index is 13.5. The summed E-state index contributed by atoms with van der Waals surface area (Å²) < 4.78 is 1.93. The van der Waals surface area contributed by atoms with Gasteiger partial charge in [0.1, 0.15) is 0 Å². The third-order valence-corrected chi connectivity index (χ3v) is 8.38. The fourth-order valence-corrected chi connectivity index (χ4v) is 6.31. The number of carbonyl (C=O) groups excluding carboxylic acids is 1. The van der Waals surface area contributed by atoms with Gasteiger partial charge >= 0.3 is 0 Å². The number of nitrogens with one attached hydrogen (secondary N) is 1. The van der Waals surface area contributed by atoms with Crippen LogP contribution in [-0.2, 0) is 39.3 Å². The molecule has 3 heterocycles. The summed E-state index contributed by atoms with van der Waals surface area (Å²) >= 11 is 1.73. The Morgan fingerprint density at radius 2 is 1.89 bits per heavy atom. The molecule has 0 bridgehead atoms. The first kappa shape index (κ1) is 23.1. The molecule has 1 unspecified atom stereocenters. The molecular weight excluding hydrogens is 466 g/mol. The van der Waals surface area contributed by atoms with Gasteiger partial charge in [-0.05, 0) is 36.8 Å². The number of nitrogens with zero attached hydrogens (tertiary/aromatic N) is 4. The minimum absolute atomic E-state index is 0.0678. The van der Waals surface area contributed by atoms with Crippen LogP contribution in [0.5, 0.6) is 0 Å². The maximum Gasteiger partial charge on any atom is 0.274 e. The van der Waals surface area contributed by atoms with Gasteiger partial charge in [0.2, 0.25) is 0 Å². The van der Waals surface area contributed by atoms with Crippen molar-refractivity contribution in [1.29, 1.82) is 0 Å². The second-order valence-corrected chi connectivity index (χ2v) is 10.7. The van der Waals surface area contributed by atoms with Crippen molar-refractivity contribution in [2.24, 2.45) is 7.05 Å². The van der Waals surface area contributed by atoms with Gasteiger partial charge in [-0.15, -0.1) is 11.3 Å². The molecule has 1 aliphatic heterocycles. The Labute approximate surface area is 216 Å². The molecule has 1 amide bonds. The third kappa shape index (κ3) is 4.61. The smallest absolute Gasteiger partial charge is 0.274 e. The van der Waals surface area contributed by atoms with Crippen molar-refractivity contribution in [3.05, 3.63) is 93.1 Å². The first-order chi connectivity index (χ1) is 17.7. The van der Waals surface area contributed by atoms with E-state index in [2.05, 4.69) is 59.2 Å². The predicted octanol–water partition coefficient (Wildman–Crippen LogP) is 4.43. The summed E-state index contributed by atoms with van der Waals surface area (Å²) in [5.74, 6) is 0.0678. The first-order valence-corrected chi connectivity index (χ1v) is 13.7. The van der Waals surface area contributed by atoms with Gasteiger partial charge in [-0.3, -0.25) is 9.48 Å². The van der Waals surface area contributed by atoms with E-state index in [1.807, 2.05) is 22.7 Å². The summed E-state index contributed by atoms with van der Waals surface area (Å²) in [4.78, 5) is 20.3. The fraction of sp³-hybridized carbons (Fsp3) is 0.345. The van der Waals surface area contributed by atoms with E-state index in [0.29, 0.717) is 18.3 Å². The predicted molar refractivity (Wildman–Crippen MR) is 143 cm³/mol. The highest BCUT2D eigenvalue weighted by atomic mass is 32.1. The zero-order chi connectivity index (χ0) is 24.5. The highest BCUT2D eigenvalue weighted by Gasteiger charge is 2.31. The number of carbonyl (C=O) groups is 1. The molecule has 0 fully saturated rings. The Morgan fingerprint density at radius 3 is 2.75 bits per heavy atom. The van der Waals surface area contributed by atoms with Gasteiger partial charge in [-0.25, -0.2) is 4.98 Å². The standard InChI is InChI=1S/C29H31N5OS/c1-33-26-12-11-23(30-15-13-27-31-25(19-36-27)21-8-3-2-4-9-21)17-24(26)28(32-33)29(35)34-16-14-20-7-5-6-10-22(20)18-34/h2-10,19,23,30H,11-18H2,1H3. The summed E-state index contributed by atoms with van der Waals surface area (Å²) in [7, 11) is 1.97. The zero-order valence-electron chi connectivity index (χ0n) is 20.6. The Morgan fingerprint density at radius 1 is 1.08 bits per heavy atom. The summed E-state index contributed by atoms with van der Waals surface area (Å²) in [5.41, 5.74) is 7.80. The second-order valence-electron chi connectivity index (χ2n) is 9.78. The molecule has 1 aliphatic carbocycles. The number of thiazole rings is 1. The quantitative estimate of drug-likeness (QED) is 0.428. The van der Waals surface area contributed by atoms with Gasteiger partial charge in [-0.1, -0.05) is 54.6 Å². The van der Waals surface area contributed by atoms with Crippen LogP contribution in [0.4, 0.5) is 0 Å². The van der Waals surface area contributed by atoms with Crippen LogP contribution >= 0.6 is 11.3 Å². The van der Waals surface area contributed by atoms with E-state index in [1.54, 1.807) is 11.3 Å². The molecule has 0 radical (unpaired) electrons. The summed E-state index contributed by atoms with van der Waals surface area (Å²) in [6, 6.07) is 19.1.